The minimum atomic E-state index is -0.339. The molecule has 4 rings (SSSR count). The molecule has 3 aromatic rings. The molecule has 0 amide bonds. The Morgan fingerprint density at radius 3 is 3.00 bits per heavy atom. The second kappa shape index (κ2) is 8.67. The molecule has 7 nitrogen and oxygen atoms in total. The van der Waals surface area contributed by atoms with Crippen molar-refractivity contribution in [1.82, 2.24) is 15.0 Å². The molecule has 2 aromatic heterocycles. The number of Topliss-reactive ketones (excluding diaryl/α,β-unsaturated/α-hetero) is 1. The molecule has 0 aliphatic carbocycles. The van der Waals surface area contributed by atoms with Crippen LogP contribution in [-0.2, 0) is 6.42 Å². The Balaban J connectivity index is 1.48. The number of hydrogen-bond acceptors (Lipinski definition) is 8. The van der Waals surface area contributed by atoms with E-state index in [9.17, 15) is 9.90 Å². The summed E-state index contributed by atoms with van der Waals surface area (Å²) in [5.41, 5.74) is 1.55. The number of carbonyl (C=O) groups excluding carboxylic acids is 1. The highest BCUT2D eigenvalue weighted by Gasteiger charge is 2.22. The molecule has 9 heteroatoms. The van der Waals surface area contributed by atoms with Gasteiger partial charge in [0, 0.05) is 30.6 Å². The summed E-state index contributed by atoms with van der Waals surface area (Å²) < 4.78 is 7.71. The van der Waals surface area contributed by atoms with E-state index in [4.69, 9.17) is 13.0 Å². The van der Waals surface area contributed by atoms with Crippen LogP contribution in [0.25, 0.3) is 0 Å². The molecular formula is C21H22ClN5O2S. The van der Waals surface area contributed by atoms with E-state index in [-0.39, 0.29) is 18.3 Å². The number of carbonyl (C=O) groups is 1. The fourth-order valence-electron chi connectivity index (χ4n) is 3.37. The Kier molecular flexibility index (Phi) is 5.61. The maximum atomic E-state index is 12.8. The molecule has 1 saturated heterocycles. The first-order valence-corrected chi connectivity index (χ1v) is 10.8. The molecule has 30 heavy (non-hydrogen) atoms. The van der Waals surface area contributed by atoms with E-state index < -0.39 is 0 Å². The smallest absolute Gasteiger partial charge is 0.188 e. The molecule has 2 N–H and O–H groups in total. The number of rotatable bonds is 6. The van der Waals surface area contributed by atoms with E-state index in [1.54, 1.807) is 18.3 Å². The first-order valence-electron chi connectivity index (χ1n) is 10.1. The third-order valence-electron chi connectivity index (χ3n) is 4.94. The van der Waals surface area contributed by atoms with E-state index in [0.717, 1.165) is 29.9 Å². The van der Waals surface area contributed by atoms with Crippen LogP contribution in [0, 0.1) is 13.8 Å². The van der Waals surface area contributed by atoms with Crippen LogP contribution in [0.3, 0.4) is 0 Å². The predicted octanol–water partition coefficient (Wildman–Crippen LogP) is 3.94. The van der Waals surface area contributed by atoms with Crippen molar-refractivity contribution in [2.45, 2.75) is 32.8 Å². The lowest BCUT2D eigenvalue weighted by atomic mass is 10.0. The number of halogens is 1. The number of hydrogen-bond donors (Lipinski definition) is 2. The van der Waals surface area contributed by atoms with Gasteiger partial charge in [-0.05, 0) is 37.5 Å². The van der Waals surface area contributed by atoms with E-state index >= 15 is 0 Å². The van der Waals surface area contributed by atoms with Crippen LogP contribution in [0.2, 0.25) is 5.02 Å². The zero-order valence-electron chi connectivity index (χ0n) is 17.6. The van der Waals surface area contributed by atoms with Crippen LogP contribution >= 0.6 is 22.9 Å². The molecular weight excluding hydrogens is 422 g/mol. The zero-order valence-corrected chi connectivity index (χ0v) is 18.2. The Bertz CT molecular complexity index is 1120. The minimum absolute atomic E-state index is 0.0844. The number of aromatic nitrogens is 3. The van der Waals surface area contributed by atoms with E-state index in [1.807, 2.05) is 24.8 Å². The Morgan fingerprint density at radius 2 is 2.27 bits per heavy atom. The van der Waals surface area contributed by atoms with Crippen molar-refractivity contribution in [1.29, 1.82) is 0 Å². The molecule has 1 fully saturated rings. The van der Waals surface area contributed by atoms with Crippen molar-refractivity contribution in [3.63, 3.8) is 0 Å². The van der Waals surface area contributed by atoms with Crippen molar-refractivity contribution in [2.24, 2.45) is 0 Å². The first-order chi connectivity index (χ1) is 14.8. The van der Waals surface area contributed by atoms with Gasteiger partial charge in [0.1, 0.15) is 17.5 Å². The van der Waals surface area contributed by atoms with Crippen molar-refractivity contribution in [2.75, 3.05) is 23.3 Å². The summed E-state index contributed by atoms with van der Waals surface area (Å²) in [7, 11) is 0. The Hall–Kier alpha value is -2.55. The van der Waals surface area contributed by atoms with Crippen molar-refractivity contribution in [3.8, 4) is 0 Å². The lowest BCUT2D eigenvalue weighted by Gasteiger charge is -2.17. The standard InChI is InChI=1S/C21H22ClN5O2S/c1-12-4-3-5-16(22)15(12)8-17(29)18-10-23-21(30-18)26-19-9-20(25-13(2)24-19)27-7-6-14(28)11-27/h3-5,9-10,14,28H,6-8,11H2,1-2H3,(H,23,24,25,26)/t14-/m0/s1/i3D. The third kappa shape index (κ3) is 4.61. The lowest BCUT2D eigenvalue weighted by molar-refractivity contribution is 0.0996. The van der Waals surface area contributed by atoms with Crippen molar-refractivity contribution in [3.05, 3.63) is 57.3 Å². The van der Waals surface area contributed by atoms with Gasteiger partial charge in [-0.1, -0.05) is 35.0 Å². The highest BCUT2D eigenvalue weighted by Crippen LogP contribution is 2.27. The topological polar surface area (TPSA) is 91.2 Å². The molecule has 156 valence electrons. The third-order valence-corrected chi connectivity index (χ3v) is 6.23. The minimum Gasteiger partial charge on any atom is -0.391 e. The molecule has 0 radical (unpaired) electrons. The number of ketones is 1. The van der Waals surface area contributed by atoms with E-state index in [2.05, 4.69) is 20.3 Å². The highest BCUT2D eigenvalue weighted by molar-refractivity contribution is 7.17. The number of β-amino-alcohol motifs (C(OH)–C–C–N with tert-alkyl or cyclic N) is 1. The fraction of sp³-hybridized carbons (Fsp3) is 0.333. The quantitative estimate of drug-likeness (QED) is 0.556. The van der Waals surface area contributed by atoms with Gasteiger partial charge in [-0.2, -0.15) is 0 Å². The molecule has 1 aromatic carbocycles. The maximum absolute atomic E-state index is 12.8. The fourth-order valence-corrected chi connectivity index (χ4v) is 4.41. The summed E-state index contributed by atoms with van der Waals surface area (Å²) in [5.74, 6) is 1.86. The zero-order chi connectivity index (χ0) is 22.1. The molecule has 0 unspecified atom stereocenters. The molecule has 1 aliphatic rings. The molecule has 0 spiro atoms. The number of anilines is 3. The number of aliphatic hydroxyl groups excluding tert-OH is 1. The van der Waals surface area contributed by atoms with Gasteiger partial charge in [0.2, 0.25) is 0 Å². The summed E-state index contributed by atoms with van der Waals surface area (Å²) >= 11 is 7.49. The Labute approximate surface area is 185 Å². The number of nitrogens with one attached hydrogen (secondary N) is 1. The summed E-state index contributed by atoms with van der Waals surface area (Å²) in [4.78, 5) is 28.5. The normalized spacial score (nSPS) is 16.6. The second-order valence-corrected chi connectivity index (χ2v) is 8.70. The molecule has 1 atom stereocenters. The van der Waals surface area contributed by atoms with Gasteiger partial charge in [0.05, 0.1) is 18.5 Å². The summed E-state index contributed by atoms with van der Waals surface area (Å²) in [6.07, 6.45) is 2.08. The molecule has 0 bridgehead atoms. The second-order valence-electron chi connectivity index (χ2n) is 7.27. The van der Waals surface area contributed by atoms with Gasteiger partial charge in [0.15, 0.2) is 10.9 Å². The predicted molar refractivity (Wildman–Crippen MR) is 119 cm³/mol. The number of aliphatic hydroxyl groups is 1. The van der Waals surface area contributed by atoms with Gasteiger partial charge in [-0.25, -0.2) is 15.0 Å². The van der Waals surface area contributed by atoms with Crippen LogP contribution in [0.5, 0.6) is 0 Å². The molecule has 0 saturated carbocycles. The van der Waals surface area contributed by atoms with Gasteiger partial charge < -0.3 is 15.3 Å². The lowest BCUT2D eigenvalue weighted by Crippen LogP contribution is -2.22. The summed E-state index contributed by atoms with van der Waals surface area (Å²) in [5, 5.41) is 13.9. The van der Waals surface area contributed by atoms with E-state index in [1.165, 1.54) is 11.3 Å². The number of aryl methyl sites for hydroxylation is 2. The molecule has 1 aliphatic heterocycles. The van der Waals surface area contributed by atoms with E-state index in [0.29, 0.717) is 39.3 Å². The number of thiazole rings is 1. The average molecular weight is 445 g/mol. The van der Waals surface area contributed by atoms with Gasteiger partial charge in [-0.3, -0.25) is 4.79 Å². The van der Waals surface area contributed by atoms with Crippen molar-refractivity contribution >= 4 is 45.5 Å². The molecule has 3 heterocycles. The van der Waals surface area contributed by atoms with Crippen LogP contribution in [-0.4, -0.2) is 45.0 Å². The summed E-state index contributed by atoms with van der Waals surface area (Å²) in [6, 6.07) is 5.39. The van der Waals surface area contributed by atoms with Crippen LogP contribution in [0.4, 0.5) is 16.8 Å². The monoisotopic (exact) mass is 444 g/mol. The van der Waals surface area contributed by atoms with Crippen LogP contribution in [0.1, 0.15) is 34.4 Å². The van der Waals surface area contributed by atoms with Crippen LogP contribution < -0.4 is 10.2 Å². The van der Waals surface area contributed by atoms with Crippen molar-refractivity contribution < 1.29 is 11.3 Å². The highest BCUT2D eigenvalue weighted by atomic mass is 35.5. The average Bonchev–Trinajstić information content (AvgIpc) is 3.33. The largest absolute Gasteiger partial charge is 0.391 e. The summed E-state index contributed by atoms with van der Waals surface area (Å²) in [6.45, 7) is 4.96. The number of benzene rings is 1. The SMILES string of the molecule is [2H]c1cc(C)c(CC(=O)c2cnc(Nc3cc(N4CC[C@H](O)C4)nc(C)n3)s2)c(Cl)c1. The maximum Gasteiger partial charge on any atom is 0.188 e. The van der Waals surface area contributed by atoms with Gasteiger partial charge in [-0.15, -0.1) is 0 Å². The number of nitrogens with zero attached hydrogens (tertiary/aromatic N) is 4. The van der Waals surface area contributed by atoms with Gasteiger partial charge >= 0.3 is 0 Å². The van der Waals surface area contributed by atoms with Crippen LogP contribution in [0.15, 0.2) is 30.4 Å². The first kappa shape index (κ1) is 19.4. The Morgan fingerprint density at radius 1 is 1.43 bits per heavy atom. The van der Waals surface area contributed by atoms with Gasteiger partial charge in [0.25, 0.3) is 0 Å².